The van der Waals surface area contributed by atoms with Crippen molar-refractivity contribution >= 4 is 35.7 Å². The summed E-state index contributed by atoms with van der Waals surface area (Å²) < 4.78 is 8.18. The van der Waals surface area contributed by atoms with Crippen LogP contribution >= 0.6 is 0 Å². The molecule has 164 valence electrons. The van der Waals surface area contributed by atoms with E-state index < -0.39 is 8.07 Å². The van der Waals surface area contributed by atoms with Crippen molar-refractivity contribution in [3.05, 3.63) is 30.2 Å². The first-order valence-corrected chi connectivity index (χ1v) is 14.8. The minimum Gasteiger partial charge on any atom is -0.369 e. The molecule has 4 rings (SSSR count). The third kappa shape index (κ3) is 4.59. The number of nitriles is 1. The van der Waals surface area contributed by atoms with Crippen LogP contribution in [0.3, 0.4) is 0 Å². The van der Waals surface area contributed by atoms with Crippen molar-refractivity contribution in [3.8, 4) is 6.07 Å². The molecule has 0 amide bonds. The molecule has 1 aliphatic rings. The lowest BCUT2D eigenvalue weighted by molar-refractivity contribution is 0.0925. The average molecular weight is 437 g/mol. The highest BCUT2D eigenvalue weighted by molar-refractivity contribution is 6.76. The summed E-state index contributed by atoms with van der Waals surface area (Å²) in [6.07, 6.45) is 4.79. The highest BCUT2D eigenvalue weighted by Crippen LogP contribution is 2.36. The van der Waals surface area contributed by atoms with Gasteiger partial charge in [-0.25, -0.2) is 9.97 Å². The number of nitrogens with zero attached hydrogens (tertiary/aromatic N) is 5. The van der Waals surface area contributed by atoms with Gasteiger partial charge < -0.3 is 15.0 Å². The van der Waals surface area contributed by atoms with E-state index in [1.54, 1.807) is 6.20 Å². The third-order valence-electron chi connectivity index (χ3n) is 5.96. The van der Waals surface area contributed by atoms with E-state index >= 15 is 0 Å². The molecule has 0 spiro atoms. The van der Waals surface area contributed by atoms with Crippen molar-refractivity contribution in [2.45, 2.75) is 51.8 Å². The number of hydrogen-bond donors (Lipinski definition) is 1. The number of rotatable bonds is 8. The normalized spacial score (nSPS) is 17.0. The zero-order valence-corrected chi connectivity index (χ0v) is 20.0. The van der Waals surface area contributed by atoms with Crippen molar-refractivity contribution in [1.29, 1.82) is 5.26 Å². The van der Waals surface area contributed by atoms with E-state index in [1.165, 1.54) is 5.69 Å². The van der Waals surface area contributed by atoms with Crippen LogP contribution < -0.4 is 10.2 Å². The standard InChI is InChI=1S/C23H32N6OSi/c1-5-25-17-7-9-28(15-17)20-6-8-26-23-22(20)19-12-18(13-24)27-14-21(19)29(23)16-30-10-11-31(2,3)4/h6,8,12,14,17,25H,5,7,9-11,15-16H2,1-4H3. The van der Waals surface area contributed by atoms with Crippen molar-refractivity contribution in [1.82, 2.24) is 19.9 Å². The number of pyridine rings is 2. The van der Waals surface area contributed by atoms with E-state index in [9.17, 15) is 5.26 Å². The molecule has 1 N–H and O–H groups in total. The summed E-state index contributed by atoms with van der Waals surface area (Å²) >= 11 is 0. The monoisotopic (exact) mass is 436 g/mol. The Kier molecular flexibility index (Phi) is 6.28. The van der Waals surface area contributed by atoms with Crippen molar-refractivity contribution in [2.75, 3.05) is 31.1 Å². The number of nitrogens with one attached hydrogen (secondary N) is 1. The Labute approximate surface area is 185 Å². The number of fused-ring (bicyclic) bond motifs is 3. The lowest BCUT2D eigenvalue weighted by atomic mass is 10.1. The minimum atomic E-state index is -1.15. The molecule has 4 heterocycles. The molecule has 7 nitrogen and oxygen atoms in total. The first-order valence-electron chi connectivity index (χ1n) is 11.1. The summed E-state index contributed by atoms with van der Waals surface area (Å²) in [6.45, 7) is 13.4. The molecule has 31 heavy (non-hydrogen) atoms. The maximum atomic E-state index is 9.43. The van der Waals surface area contributed by atoms with E-state index in [0.717, 1.165) is 60.6 Å². The summed E-state index contributed by atoms with van der Waals surface area (Å²) in [5.41, 5.74) is 3.45. The van der Waals surface area contributed by atoms with Gasteiger partial charge in [0.1, 0.15) is 24.1 Å². The highest BCUT2D eigenvalue weighted by Gasteiger charge is 2.25. The topological polar surface area (TPSA) is 79.0 Å². The van der Waals surface area contributed by atoms with E-state index in [0.29, 0.717) is 18.5 Å². The fourth-order valence-corrected chi connectivity index (χ4v) is 5.06. The molecule has 8 heteroatoms. The summed E-state index contributed by atoms with van der Waals surface area (Å²) in [4.78, 5) is 11.5. The van der Waals surface area contributed by atoms with Gasteiger partial charge in [-0.2, -0.15) is 5.26 Å². The van der Waals surface area contributed by atoms with Crippen molar-refractivity contribution in [3.63, 3.8) is 0 Å². The van der Waals surface area contributed by atoms with Gasteiger partial charge in [-0.3, -0.25) is 4.57 Å². The smallest absolute Gasteiger partial charge is 0.145 e. The van der Waals surface area contributed by atoms with Crippen LogP contribution in [0.5, 0.6) is 0 Å². The predicted molar refractivity (Wildman–Crippen MR) is 128 cm³/mol. The molecule has 0 radical (unpaired) electrons. The quantitative estimate of drug-likeness (QED) is 0.425. The van der Waals surface area contributed by atoms with Crippen molar-refractivity contribution < 1.29 is 4.74 Å². The molecule has 0 bridgehead atoms. The molecule has 1 fully saturated rings. The summed E-state index contributed by atoms with van der Waals surface area (Å²) in [6, 6.07) is 7.79. The molecule has 3 aromatic rings. The average Bonchev–Trinajstić information content (AvgIpc) is 3.33. The van der Waals surface area contributed by atoms with Crippen LogP contribution in [0.25, 0.3) is 21.9 Å². The Hall–Kier alpha value is -2.47. The Morgan fingerprint density at radius 3 is 2.90 bits per heavy atom. The van der Waals surface area contributed by atoms with Crippen LogP contribution in [-0.4, -0.2) is 54.9 Å². The summed E-state index contributed by atoms with van der Waals surface area (Å²) in [5.74, 6) is 0. The molecule has 0 saturated carbocycles. The molecular formula is C23H32N6OSi. The minimum absolute atomic E-state index is 0.424. The van der Waals surface area contributed by atoms with Gasteiger partial charge in [0.25, 0.3) is 0 Å². The summed E-state index contributed by atoms with van der Waals surface area (Å²) in [7, 11) is -1.15. The van der Waals surface area contributed by atoms with Crippen molar-refractivity contribution in [2.24, 2.45) is 0 Å². The Bertz CT molecular complexity index is 1110. The largest absolute Gasteiger partial charge is 0.369 e. The number of hydrogen-bond acceptors (Lipinski definition) is 6. The highest BCUT2D eigenvalue weighted by atomic mass is 28.3. The molecule has 1 saturated heterocycles. The maximum absolute atomic E-state index is 9.43. The summed E-state index contributed by atoms with van der Waals surface area (Å²) in [5, 5.41) is 15.1. The Morgan fingerprint density at radius 1 is 1.32 bits per heavy atom. The van der Waals surface area contributed by atoms with Gasteiger partial charge in [0.05, 0.1) is 17.1 Å². The van der Waals surface area contributed by atoms with Crippen LogP contribution in [0.4, 0.5) is 5.69 Å². The van der Waals surface area contributed by atoms with Gasteiger partial charge in [-0.1, -0.05) is 26.6 Å². The third-order valence-corrected chi connectivity index (χ3v) is 7.66. The molecule has 1 unspecified atom stereocenters. The van der Waals surface area contributed by atoms with Crippen LogP contribution in [0.1, 0.15) is 19.0 Å². The maximum Gasteiger partial charge on any atom is 0.145 e. The molecule has 3 aromatic heterocycles. The number of anilines is 1. The fourth-order valence-electron chi connectivity index (χ4n) is 4.31. The van der Waals surface area contributed by atoms with Gasteiger partial charge >= 0.3 is 0 Å². The van der Waals surface area contributed by atoms with Crippen LogP contribution in [0.2, 0.25) is 25.7 Å². The van der Waals surface area contributed by atoms with E-state index in [-0.39, 0.29) is 0 Å². The predicted octanol–water partition coefficient (Wildman–Crippen LogP) is 3.96. The number of likely N-dealkylation sites (N-methyl/N-ethyl adjacent to an activating group) is 1. The van der Waals surface area contributed by atoms with Gasteiger partial charge in [0.2, 0.25) is 0 Å². The zero-order chi connectivity index (χ0) is 22.0. The van der Waals surface area contributed by atoms with Gasteiger partial charge in [0.15, 0.2) is 0 Å². The molecular weight excluding hydrogens is 404 g/mol. The van der Waals surface area contributed by atoms with Gasteiger partial charge in [-0.05, 0) is 31.1 Å². The Morgan fingerprint density at radius 2 is 2.16 bits per heavy atom. The zero-order valence-electron chi connectivity index (χ0n) is 19.0. The lowest BCUT2D eigenvalue weighted by Crippen LogP contribution is -2.32. The molecule has 0 aromatic carbocycles. The van der Waals surface area contributed by atoms with Crippen LogP contribution in [0, 0.1) is 11.3 Å². The van der Waals surface area contributed by atoms with Gasteiger partial charge in [-0.15, -0.1) is 0 Å². The second-order valence-electron chi connectivity index (χ2n) is 9.49. The van der Waals surface area contributed by atoms with Gasteiger partial charge in [0, 0.05) is 51.1 Å². The van der Waals surface area contributed by atoms with E-state index in [2.05, 4.69) is 58.5 Å². The van der Waals surface area contributed by atoms with Crippen LogP contribution in [0.15, 0.2) is 24.5 Å². The van der Waals surface area contributed by atoms with Crippen LogP contribution in [-0.2, 0) is 11.5 Å². The fraction of sp³-hybridized carbons (Fsp3) is 0.522. The molecule has 1 aliphatic heterocycles. The van der Waals surface area contributed by atoms with E-state index in [1.807, 2.05) is 12.3 Å². The number of ether oxygens (including phenoxy) is 1. The molecule has 1 atom stereocenters. The number of aromatic nitrogens is 3. The SMILES string of the molecule is CCNC1CCN(c2ccnc3c2c2cc(C#N)ncc2n3COCC[Si](C)(C)C)C1. The first-order chi connectivity index (χ1) is 14.9. The van der Waals surface area contributed by atoms with E-state index in [4.69, 9.17) is 9.72 Å². The lowest BCUT2D eigenvalue weighted by Gasteiger charge is -2.20. The Balaban J connectivity index is 1.75. The second-order valence-corrected chi connectivity index (χ2v) is 15.1. The molecule has 0 aliphatic carbocycles. The second kappa shape index (κ2) is 8.95. The first kappa shape index (κ1) is 21.7.